The Bertz CT molecular complexity index is 372. The summed E-state index contributed by atoms with van der Waals surface area (Å²) in [5.74, 6) is 0.0835. The Morgan fingerprint density at radius 1 is 1.69 bits per heavy atom. The Hall–Kier alpha value is -2.32. The van der Waals surface area contributed by atoms with Gasteiger partial charge in [-0.05, 0) is 6.42 Å². The molecule has 9 heteroatoms. The van der Waals surface area contributed by atoms with Crippen LogP contribution in [0.25, 0.3) is 0 Å². The van der Waals surface area contributed by atoms with Gasteiger partial charge in [-0.25, -0.2) is 4.73 Å². The molecule has 0 radical (unpaired) electrons. The molecular formula is C7H11N5O4. The van der Waals surface area contributed by atoms with Gasteiger partial charge in [0, 0.05) is 6.07 Å². The molecule has 88 valence electrons. The highest BCUT2D eigenvalue weighted by Crippen LogP contribution is 1.99. The molecule has 0 aliphatic heterocycles. The van der Waals surface area contributed by atoms with E-state index in [9.17, 15) is 15.3 Å². The molecule has 0 atom stereocenters. The summed E-state index contributed by atoms with van der Waals surface area (Å²) >= 11 is 0. The van der Waals surface area contributed by atoms with Gasteiger partial charge in [-0.3, -0.25) is 0 Å². The van der Waals surface area contributed by atoms with Crippen molar-refractivity contribution in [2.75, 3.05) is 24.2 Å². The van der Waals surface area contributed by atoms with Crippen molar-refractivity contribution in [2.45, 2.75) is 6.42 Å². The second kappa shape index (κ2) is 5.53. The van der Waals surface area contributed by atoms with Crippen LogP contribution in [0.4, 0.5) is 11.8 Å². The lowest BCUT2D eigenvalue weighted by molar-refractivity contribution is -0.757. The maximum absolute atomic E-state index is 11.3. The maximum atomic E-state index is 11.3. The highest BCUT2D eigenvalue weighted by Gasteiger charge is 2.03. The fraction of sp³-hybridized carbons (Fsp3) is 0.429. The van der Waals surface area contributed by atoms with E-state index in [1.54, 1.807) is 0 Å². The number of nitrogens with two attached hydrogens (primary N) is 1. The van der Waals surface area contributed by atoms with Crippen molar-refractivity contribution < 1.29 is 14.7 Å². The summed E-state index contributed by atoms with van der Waals surface area (Å²) in [4.78, 5) is 17.5. The molecule has 0 aliphatic carbocycles. The zero-order valence-corrected chi connectivity index (χ0v) is 8.33. The summed E-state index contributed by atoms with van der Waals surface area (Å²) in [6, 6.07) is 1.46. The third-order valence-electron chi connectivity index (χ3n) is 1.69. The molecule has 0 unspecified atom stereocenters. The van der Waals surface area contributed by atoms with Crippen molar-refractivity contribution in [3.8, 4) is 0 Å². The van der Waals surface area contributed by atoms with Crippen LogP contribution in [0.2, 0.25) is 0 Å². The Balaban J connectivity index is 2.32. The van der Waals surface area contributed by atoms with E-state index in [1.807, 2.05) is 0 Å². The number of hydrogen-bond donors (Lipinski definition) is 2. The number of nitrogens with one attached hydrogen (secondary N) is 1. The molecule has 9 nitrogen and oxygen atoms in total. The van der Waals surface area contributed by atoms with Crippen molar-refractivity contribution in [2.24, 2.45) is 0 Å². The lowest BCUT2D eigenvalue weighted by atomic mass is 10.4. The molecule has 0 bridgehead atoms. The minimum atomic E-state index is -0.863. The van der Waals surface area contributed by atoms with E-state index < -0.39 is 5.09 Å². The maximum Gasteiger partial charge on any atom is 0.343 e. The Kier molecular flexibility index (Phi) is 4.07. The number of hydrogen-bond acceptors (Lipinski definition) is 7. The summed E-state index contributed by atoms with van der Waals surface area (Å²) < 4.78 is 0.439. The molecule has 0 amide bonds. The highest BCUT2D eigenvalue weighted by atomic mass is 16.9. The van der Waals surface area contributed by atoms with Crippen LogP contribution in [-0.4, -0.2) is 23.2 Å². The zero-order valence-electron chi connectivity index (χ0n) is 8.33. The van der Waals surface area contributed by atoms with Gasteiger partial charge in [-0.15, -0.1) is 15.1 Å². The van der Waals surface area contributed by atoms with Crippen LogP contribution in [0.15, 0.2) is 12.3 Å². The lowest BCUT2D eigenvalue weighted by Gasteiger charge is -2.12. The van der Waals surface area contributed by atoms with Gasteiger partial charge in [0.1, 0.15) is 0 Å². The van der Waals surface area contributed by atoms with E-state index in [0.29, 0.717) is 17.7 Å². The van der Waals surface area contributed by atoms with E-state index >= 15 is 0 Å². The molecule has 1 aromatic rings. The summed E-state index contributed by atoms with van der Waals surface area (Å²) in [6.45, 7) is 0.332. The third-order valence-corrected chi connectivity index (χ3v) is 1.69. The molecular weight excluding hydrogens is 218 g/mol. The van der Waals surface area contributed by atoms with Gasteiger partial charge in [-0.1, -0.05) is 0 Å². The van der Waals surface area contributed by atoms with Crippen LogP contribution < -0.4 is 15.8 Å². The Labute approximate surface area is 90.5 Å². The van der Waals surface area contributed by atoms with Gasteiger partial charge in [0.25, 0.3) is 5.09 Å². The first-order valence-corrected chi connectivity index (χ1v) is 4.46. The predicted octanol–water partition coefficient (Wildman–Crippen LogP) is -0.692. The largest absolute Gasteiger partial charge is 0.754 e. The molecule has 1 rings (SSSR count). The molecule has 16 heavy (non-hydrogen) atoms. The summed E-state index contributed by atoms with van der Waals surface area (Å²) in [5, 5.41) is 23.0. The number of anilines is 2. The first kappa shape index (κ1) is 11.8. The Morgan fingerprint density at radius 3 is 3.12 bits per heavy atom. The molecule has 0 aliphatic rings. The molecule has 0 fully saturated rings. The quantitative estimate of drug-likeness (QED) is 0.217. The van der Waals surface area contributed by atoms with Crippen LogP contribution in [0.1, 0.15) is 6.42 Å². The van der Waals surface area contributed by atoms with Crippen LogP contribution in [0.5, 0.6) is 0 Å². The highest BCUT2D eigenvalue weighted by molar-refractivity contribution is 5.29. The molecule has 0 spiro atoms. The van der Waals surface area contributed by atoms with Crippen molar-refractivity contribution in [3.63, 3.8) is 0 Å². The number of rotatable bonds is 6. The third kappa shape index (κ3) is 3.44. The molecule has 0 saturated carbocycles. The standard InChI is InChI=1S/C7H11N5O4/c8-7-10-4-2-6(11(7)13)9-3-1-5-16-12(14)15/h2,4,9H,1,3,5H2,(H2,8,10). The number of nitrogens with zero attached hydrogens (tertiary/aromatic N) is 3. The van der Waals surface area contributed by atoms with Gasteiger partial charge >= 0.3 is 5.95 Å². The van der Waals surface area contributed by atoms with Crippen LogP contribution in [-0.2, 0) is 4.84 Å². The van der Waals surface area contributed by atoms with E-state index in [0.717, 1.165) is 0 Å². The lowest BCUT2D eigenvalue weighted by Crippen LogP contribution is -2.35. The second-order valence-corrected chi connectivity index (χ2v) is 2.82. The molecule has 0 aromatic carbocycles. The van der Waals surface area contributed by atoms with Crippen LogP contribution in [0.3, 0.4) is 0 Å². The first-order chi connectivity index (χ1) is 7.61. The van der Waals surface area contributed by atoms with Crippen molar-refractivity contribution in [3.05, 3.63) is 27.6 Å². The monoisotopic (exact) mass is 229 g/mol. The van der Waals surface area contributed by atoms with Gasteiger partial charge in [0.15, 0.2) is 5.82 Å². The number of aromatic nitrogens is 2. The zero-order chi connectivity index (χ0) is 12.0. The normalized spacial score (nSPS) is 9.75. The fourth-order valence-electron chi connectivity index (χ4n) is 0.986. The van der Waals surface area contributed by atoms with Gasteiger partial charge in [0.2, 0.25) is 0 Å². The fourth-order valence-corrected chi connectivity index (χ4v) is 0.986. The van der Waals surface area contributed by atoms with Gasteiger partial charge in [-0.2, -0.15) is 0 Å². The second-order valence-electron chi connectivity index (χ2n) is 2.82. The van der Waals surface area contributed by atoms with E-state index in [4.69, 9.17) is 5.73 Å². The SMILES string of the molecule is Nc1nccc(NCCCO[N+](=O)[O-])[n+]1[O-]. The minimum Gasteiger partial charge on any atom is -0.754 e. The Morgan fingerprint density at radius 2 is 2.44 bits per heavy atom. The summed E-state index contributed by atoms with van der Waals surface area (Å²) in [6.07, 6.45) is 1.78. The van der Waals surface area contributed by atoms with E-state index in [2.05, 4.69) is 15.1 Å². The van der Waals surface area contributed by atoms with E-state index in [-0.39, 0.29) is 18.4 Å². The van der Waals surface area contributed by atoms with Crippen LogP contribution >= 0.6 is 0 Å². The van der Waals surface area contributed by atoms with Gasteiger partial charge < -0.3 is 21.1 Å². The van der Waals surface area contributed by atoms with Crippen molar-refractivity contribution in [1.29, 1.82) is 0 Å². The molecule has 3 N–H and O–H groups in total. The predicted molar refractivity (Wildman–Crippen MR) is 53.7 cm³/mol. The van der Waals surface area contributed by atoms with E-state index in [1.165, 1.54) is 12.3 Å². The smallest absolute Gasteiger partial charge is 0.343 e. The first-order valence-electron chi connectivity index (χ1n) is 4.46. The average Bonchev–Trinajstić information content (AvgIpc) is 2.23. The van der Waals surface area contributed by atoms with Crippen LogP contribution in [0, 0.1) is 15.3 Å². The summed E-state index contributed by atoms with van der Waals surface area (Å²) in [7, 11) is 0. The molecule has 1 aromatic heterocycles. The number of nitrogen functional groups attached to an aromatic ring is 1. The van der Waals surface area contributed by atoms with Crippen molar-refractivity contribution in [1.82, 2.24) is 4.98 Å². The minimum absolute atomic E-state index is 0.0284. The topological polar surface area (TPSA) is 130 Å². The average molecular weight is 229 g/mol. The van der Waals surface area contributed by atoms with Gasteiger partial charge in [0.05, 0.1) is 19.3 Å². The molecule has 1 heterocycles. The summed E-state index contributed by atoms with van der Waals surface area (Å²) in [5.41, 5.74) is 5.28. The van der Waals surface area contributed by atoms with Crippen molar-refractivity contribution >= 4 is 11.8 Å². The molecule has 0 saturated heterocycles.